The van der Waals surface area contributed by atoms with Crippen molar-refractivity contribution in [1.82, 2.24) is 24.5 Å². The summed E-state index contributed by atoms with van der Waals surface area (Å²) in [5.74, 6) is 0.0580. The molecule has 0 unspecified atom stereocenters. The maximum atomic E-state index is 12.3. The fourth-order valence-corrected chi connectivity index (χ4v) is 3.49. The molecular formula is C21H23N5O. The van der Waals surface area contributed by atoms with Crippen molar-refractivity contribution in [3.8, 4) is 0 Å². The molecule has 6 nitrogen and oxygen atoms in total. The van der Waals surface area contributed by atoms with Crippen LogP contribution >= 0.6 is 0 Å². The minimum Gasteiger partial charge on any atom is -0.356 e. The third kappa shape index (κ3) is 3.69. The van der Waals surface area contributed by atoms with Crippen LogP contribution in [0.25, 0.3) is 16.6 Å². The first-order valence-electron chi connectivity index (χ1n) is 9.21. The quantitative estimate of drug-likeness (QED) is 0.537. The van der Waals surface area contributed by atoms with Crippen LogP contribution < -0.4 is 5.32 Å². The fourth-order valence-electron chi connectivity index (χ4n) is 3.49. The second-order valence-electron chi connectivity index (χ2n) is 6.96. The molecule has 4 aromatic rings. The minimum absolute atomic E-state index is 0.0580. The molecule has 0 aliphatic heterocycles. The van der Waals surface area contributed by atoms with E-state index in [0.717, 1.165) is 46.2 Å². The van der Waals surface area contributed by atoms with E-state index in [1.165, 1.54) is 0 Å². The molecule has 3 heterocycles. The smallest absolute Gasteiger partial charge is 0.224 e. The number of nitrogens with one attached hydrogen (secondary N) is 1. The summed E-state index contributed by atoms with van der Waals surface area (Å²) in [6, 6.07) is 10.1. The van der Waals surface area contributed by atoms with Crippen molar-refractivity contribution >= 4 is 22.5 Å². The number of carbonyl (C=O) groups is 1. The van der Waals surface area contributed by atoms with Gasteiger partial charge in [0.1, 0.15) is 0 Å². The first-order valence-corrected chi connectivity index (χ1v) is 9.21. The van der Waals surface area contributed by atoms with Crippen LogP contribution in [0.2, 0.25) is 0 Å². The molecule has 1 amide bonds. The Morgan fingerprint density at radius 1 is 1.22 bits per heavy atom. The molecule has 0 spiro atoms. The Morgan fingerprint density at radius 2 is 2.07 bits per heavy atom. The summed E-state index contributed by atoms with van der Waals surface area (Å²) in [5.41, 5.74) is 5.15. The molecule has 0 aliphatic carbocycles. The third-order valence-corrected chi connectivity index (χ3v) is 4.78. The first kappa shape index (κ1) is 17.3. The number of hydrogen-bond acceptors (Lipinski definition) is 3. The summed E-state index contributed by atoms with van der Waals surface area (Å²) in [6.45, 7) is 2.61. The lowest BCUT2D eigenvalue weighted by molar-refractivity contribution is -0.120. The first-order chi connectivity index (χ1) is 13.1. The lowest BCUT2D eigenvalue weighted by Gasteiger charge is -2.05. The number of carbonyl (C=O) groups excluding carboxylic acids is 1. The molecule has 0 aliphatic rings. The number of aromatic nitrogens is 4. The van der Waals surface area contributed by atoms with Gasteiger partial charge in [-0.15, -0.1) is 0 Å². The van der Waals surface area contributed by atoms with E-state index in [1.807, 2.05) is 55.3 Å². The van der Waals surface area contributed by atoms with Crippen LogP contribution in [0, 0.1) is 6.92 Å². The zero-order valence-corrected chi connectivity index (χ0v) is 15.6. The highest BCUT2D eigenvalue weighted by molar-refractivity contribution is 5.89. The molecule has 4 rings (SSSR count). The van der Waals surface area contributed by atoms with Crippen molar-refractivity contribution < 1.29 is 4.79 Å². The molecule has 1 aromatic carbocycles. The van der Waals surface area contributed by atoms with Crippen LogP contribution in [-0.2, 0) is 24.7 Å². The van der Waals surface area contributed by atoms with Crippen molar-refractivity contribution in [2.45, 2.75) is 26.2 Å². The molecule has 1 N–H and O–H groups in total. The van der Waals surface area contributed by atoms with Gasteiger partial charge in [-0.3, -0.25) is 4.79 Å². The Labute approximate surface area is 157 Å². The van der Waals surface area contributed by atoms with Gasteiger partial charge in [0.15, 0.2) is 5.65 Å². The number of nitrogens with zero attached hydrogens (tertiary/aromatic N) is 4. The van der Waals surface area contributed by atoms with Crippen LogP contribution in [-0.4, -0.2) is 31.6 Å². The van der Waals surface area contributed by atoms with Crippen molar-refractivity contribution in [2.24, 2.45) is 7.05 Å². The van der Waals surface area contributed by atoms with E-state index in [9.17, 15) is 4.79 Å². The zero-order chi connectivity index (χ0) is 18.8. The lowest BCUT2D eigenvalue weighted by atomic mass is 10.1. The van der Waals surface area contributed by atoms with E-state index in [-0.39, 0.29) is 5.91 Å². The molecule has 27 heavy (non-hydrogen) atoms. The Kier molecular flexibility index (Phi) is 4.62. The lowest BCUT2D eigenvalue weighted by Crippen LogP contribution is -2.26. The minimum atomic E-state index is 0.0580. The van der Waals surface area contributed by atoms with Gasteiger partial charge in [0.05, 0.1) is 12.1 Å². The number of para-hydroxylation sites is 1. The van der Waals surface area contributed by atoms with Crippen LogP contribution in [0.4, 0.5) is 0 Å². The van der Waals surface area contributed by atoms with Crippen molar-refractivity contribution in [2.75, 3.05) is 6.54 Å². The van der Waals surface area contributed by atoms with Gasteiger partial charge in [-0.2, -0.15) is 5.10 Å². The average Bonchev–Trinajstić information content (AvgIpc) is 3.18. The second kappa shape index (κ2) is 7.23. The maximum absolute atomic E-state index is 12.3. The highest BCUT2D eigenvalue weighted by Gasteiger charge is 2.10. The van der Waals surface area contributed by atoms with Crippen LogP contribution in [0.3, 0.4) is 0 Å². The Bertz CT molecular complexity index is 1110. The Morgan fingerprint density at radius 3 is 2.96 bits per heavy atom. The molecule has 0 saturated carbocycles. The van der Waals surface area contributed by atoms with E-state index >= 15 is 0 Å². The number of benzene rings is 1. The fraction of sp³-hybridized carbons (Fsp3) is 0.286. The number of rotatable bonds is 6. The number of fused-ring (bicyclic) bond motifs is 2. The van der Waals surface area contributed by atoms with E-state index in [0.29, 0.717) is 13.0 Å². The van der Waals surface area contributed by atoms with Gasteiger partial charge in [0.2, 0.25) is 5.91 Å². The topological polar surface area (TPSA) is 64.2 Å². The number of aryl methyl sites for hydroxylation is 3. The summed E-state index contributed by atoms with van der Waals surface area (Å²) in [6.07, 6.45) is 8.06. The van der Waals surface area contributed by atoms with Crippen molar-refractivity contribution in [3.63, 3.8) is 0 Å². The predicted octanol–water partition coefficient (Wildman–Crippen LogP) is 2.82. The second-order valence-corrected chi connectivity index (χ2v) is 6.96. The Balaban J connectivity index is 1.30. The third-order valence-electron chi connectivity index (χ3n) is 4.78. The summed E-state index contributed by atoms with van der Waals surface area (Å²) >= 11 is 0. The van der Waals surface area contributed by atoms with Gasteiger partial charge < -0.3 is 9.88 Å². The largest absolute Gasteiger partial charge is 0.356 e. The van der Waals surface area contributed by atoms with Crippen LogP contribution in [0.1, 0.15) is 23.2 Å². The highest BCUT2D eigenvalue weighted by atomic mass is 16.1. The normalized spacial score (nSPS) is 11.3. The summed E-state index contributed by atoms with van der Waals surface area (Å²) in [4.78, 5) is 16.7. The monoisotopic (exact) mass is 361 g/mol. The maximum Gasteiger partial charge on any atom is 0.224 e. The summed E-state index contributed by atoms with van der Waals surface area (Å²) < 4.78 is 3.88. The molecule has 0 radical (unpaired) electrons. The van der Waals surface area contributed by atoms with E-state index in [4.69, 9.17) is 0 Å². The van der Waals surface area contributed by atoms with Crippen LogP contribution in [0.5, 0.6) is 0 Å². The van der Waals surface area contributed by atoms with Gasteiger partial charge in [-0.25, -0.2) is 9.50 Å². The highest BCUT2D eigenvalue weighted by Crippen LogP contribution is 2.20. The molecule has 138 valence electrons. The standard InChI is InChI=1S/C21H23N5O/c1-15-10-20-23-12-16(13-26(20)24-15)6-5-9-22-21(27)11-17-14-25(2)19-8-4-3-7-18(17)19/h3-4,7-8,10,12-14H,5-6,9,11H2,1-2H3,(H,22,27). The molecule has 0 bridgehead atoms. The summed E-state index contributed by atoms with van der Waals surface area (Å²) in [7, 11) is 2.01. The van der Waals surface area contributed by atoms with Gasteiger partial charge in [0.25, 0.3) is 0 Å². The van der Waals surface area contributed by atoms with Gasteiger partial charge in [-0.1, -0.05) is 18.2 Å². The van der Waals surface area contributed by atoms with E-state index in [2.05, 4.69) is 32.1 Å². The Hall–Kier alpha value is -3.15. The molecule has 6 heteroatoms. The molecular weight excluding hydrogens is 338 g/mol. The summed E-state index contributed by atoms with van der Waals surface area (Å²) in [5, 5.41) is 8.55. The SMILES string of the molecule is Cc1cc2ncc(CCCNC(=O)Cc3cn(C)c4ccccc34)cn2n1. The zero-order valence-electron chi connectivity index (χ0n) is 15.6. The van der Waals surface area contributed by atoms with Gasteiger partial charge in [-0.05, 0) is 37.0 Å². The number of amides is 1. The number of hydrogen-bond donors (Lipinski definition) is 1. The van der Waals surface area contributed by atoms with Crippen LogP contribution in [0.15, 0.2) is 48.9 Å². The van der Waals surface area contributed by atoms with Gasteiger partial charge in [0, 0.05) is 49.2 Å². The van der Waals surface area contributed by atoms with Crippen molar-refractivity contribution in [1.29, 1.82) is 0 Å². The average molecular weight is 361 g/mol. The van der Waals surface area contributed by atoms with E-state index < -0.39 is 0 Å². The van der Waals surface area contributed by atoms with Crippen molar-refractivity contribution in [3.05, 3.63) is 65.7 Å². The molecule has 0 atom stereocenters. The molecule has 3 aromatic heterocycles. The molecule has 0 fully saturated rings. The van der Waals surface area contributed by atoms with E-state index in [1.54, 1.807) is 0 Å². The predicted molar refractivity (Wildman–Crippen MR) is 106 cm³/mol. The molecule has 0 saturated heterocycles. The van der Waals surface area contributed by atoms with Gasteiger partial charge >= 0.3 is 0 Å².